The zero-order chi connectivity index (χ0) is 27.2. The summed E-state index contributed by atoms with van der Waals surface area (Å²) in [4.78, 5) is 28.5. The van der Waals surface area contributed by atoms with E-state index in [-0.39, 0.29) is 36.5 Å². The van der Waals surface area contributed by atoms with Crippen LogP contribution in [0.5, 0.6) is 5.75 Å². The van der Waals surface area contributed by atoms with Gasteiger partial charge in [0, 0.05) is 29.4 Å². The molecular formula is C27H30N6O5. The van der Waals surface area contributed by atoms with Gasteiger partial charge in [0.25, 0.3) is 0 Å². The van der Waals surface area contributed by atoms with E-state index in [0.717, 1.165) is 29.6 Å². The van der Waals surface area contributed by atoms with Gasteiger partial charge in [0.2, 0.25) is 5.91 Å². The largest absolute Gasteiger partial charge is 0.482 e. The van der Waals surface area contributed by atoms with Gasteiger partial charge in [0.1, 0.15) is 11.6 Å². The lowest BCUT2D eigenvalue weighted by Gasteiger charge is -2.21. The van der Waals surface area contributed by atoms with Crippen LogP contribution in [-0.4, -0.2) is 45.4 Å². The lowest BCUT2D eigenvalue weighted by Crippen LogP contribution is -2.31. The van der Waals surface area contributed by atoms with Crippen molar-refractivity contribution in [2.45, 2.75) is 38.3 Å². The number of carbonyl (C=O) groups is 2. The fourth-order valence-electron chi connectivity index (χ4n) is 4.03. The molecule has 0 radical (unpaired) electrons. The molecule has 38 heavy (non-hydrogen) atoms. The van der Waals surface area contributed by atoms with Crippen molar-refractivity contribution in [3.05, 3.63) is 76.9 Å². The number of nitrogens with zero attached hydrogens (tertiary/aromatic N) is 2. The van der Waals surface area contributed by atoms with Crippen LogP contribution >= 0.6 is 0 Å². The Balaban J connectivity index is 1.63. The molecular weight excluding hydrogens is 488 g/mol. The fourth-order valence-corrected chi connectivity index (χ4v) is 4.03. The lowest BCUT2D eigenvalue weighted by atomic mass is 9.94. The number of carboxylic acids is 1. The molecule has 198 valence electrons. The number of nitrogens with one attached hydrogen (secondary N) is 2. The maximum atomic E-state index is 13.0. The van der Waals surface area contributed by atoms with Crippen LogP contribution in [0.25, 0.3) is 11.1 Å². The summed E-state index contributed by atoms with van der Waals surface area (Å²) in [5, 5.41) is 30.4. The van der Waals surface area contributed by atoms with Gasteiger partial charge < -0.3 is 31.8 Å². The van der Waals surface area contributed by atoms with E-state index in [4.69, 9.17) is 26.7 Å². The number of pyridine rings is 1. The van der Waals surface area contributed by atoms with E-state index in [1.165, 1.54) is 6.07 Å². The molecule has 1 aliphatic rings. The summed E-state index contributed by atoms with van der Waals surface area (Å²) in [7, 11) is 0. The number of aromatic nitrogens is 1. The molecule has 1 aliphatic carbocycles. The molecule has 11 heteroatoms. The SMILES string of the molecule is N=C(N)c1ccc(CNC(=O)Cc2c(-c3cc(N)cc(OCC(=O)O)c3)ccc(=NC3CCC3)n2O)cc1. The maximum Gasteiger partial charge on any atom is 0.341 e. The van der Waals surface area contributed by atoms with Crippen molar-refractivity contribution < 1.29 is 24.6 Å². The van der Waals surface area contributed by atoms with Gasteiger partial charge in [-0.25, -0.2) is 4.79 Å². The van der Waals surface area contributed by atoms with Crippen molar-refractivity contribution in [3.63, 3.8) is 0 Å². The summed E-state index contributed by atoms with van der Waals surface area (Å²) in [5.41, 5.74) is 15.0. The Morgan fingerprint density at radius 1 is 1.13 bits per heavy atom. The molecule has 1 heterocycles. The molecule has 0 aliphatic heterocycles. The van der Waals surface area contributed by atoms with Gasteiger partial charge in [-0.3, -0.25) is 15.2 Å². The highest BCUT2D eigenvalue weighted by molar-refractivity contribution is 5.94. The fraction of sp³-hybridized carbons (Fsp3) is 0.259. The maximum absolute atomic E-state index is 13.0. The molecule has 8 N–H and O–H groups in total. The van der Waals surface area contributed by atoms with Crippen molar-refractivity contribution in [2.75, 3.05) is 12.3 Å². The standard InChI is InChI=1S/C27H30N6O5/c28-19-10-18(11-21(12-19)38-15-26(35)36)22-8-9-24(32-20-2-1-3-20)33(37)23(22)13-25(34)31-14-16-4-6-17(7-5-16)27(29)30/h4-12,20,37H,1-3,13-15,28H2,(H3,29,30)(H,31,34)(H,35,36). The third-order valence-electron chi connectivity index (χ3n) is 6.26. The smallest absolute Gasteiger partial charge is 0.341 e. The number of ether oxygens (including phenoxy) is 1. The van der Waals surface area contributed by atoms with E-state index in [9.17, 15) is 14.8 Å². The Morgan fingerprint density at radius 2 is 1.87 bits per heavy atom. The second-order valence-electron chi connectivity index (χ2n) is 9.11. The topological polar surface area (TPSA) is 189 Å². The van der Waals surface area contributed by atoms with Crippen LogP contribution < -0.4 is 27.0 Å². The third-order valence-corrected chi connectivity index (χ3v) is 6.26. The quantitative estimate of drug-likeness (QED) is 0.102. The number of hydrogen-bond donors (Lipinski definition) is 6. The van der Waals surface area contributed by atoms with Gasteiger partial charge in [0.15, 0.2) is 12.1 Å². The number of aliphatic carboxylic acids is 1. The number of rotatable bonds is 10. The van der Waals surface area contributed by atoms with Crippen LogP contribution in [0.1, 0.15) is 36.1 Å². The first kappa shape index (κ1) is 26.3. The minimum absolute atomic E-state index is 0.0362. The van der Waals surface area contributed by atoms with Crippen LogP contribution in [0.15, 0.2) is 59.6 Å². The zero-order valence-corrected chi connectivity index (χ0v) is 20.7. The van der Waals surface area contributed by atoms with E-state index < -0.39 is 12.6 Å². The third kappa shape index (κ3) is 6.49. The second-order valence-corrected chi connectivity index (χ2v) is 9.11. The van der Waals surface area contributed by atoms with Crippen LogP contribution in [-0.2, 0) is 22.6 Å². The molecule has 1 amide bonds. The molecule has 4 rings (SSSR count). The van der Waals surface area contributed by atoms with Crippen LogP contribution in [0.3, 0.4) is 0 Å². The Morgan fingerprint density at radius 3 is 2.50 bits per heavy atom. The van der Waals surface area contributed by atoms with Gasteiger partial charge in [-0.1, -0.05) is 24.3 Å². The predicted octanol–water partition coefficient (Wildman–Crippen LogP) is 2.03. The highest BCUT2D eigenvalue weighted by Gasteiger charge is 2.19. The first-order valence-corrected chi connectivity index (χ1v) is 12.1. The summed E-state index contributed by atoms with van der Waals surface area (Å²) in [6.45, 7) is -0.292. The Labute approximate surface area is 218 Å². The summed E-state index contributed by atoms with van der Waals surface area (Å²) < 4.78 is 6.23. The van der Waals surface area contributed by atoms with Crippen LogP contribution in [0.4, 0.5) is 5.69 Å². The minimum atomic E-state index is -1.13. The molecule has 0 saturated heterocycles. The number of anilines is 1. The Bertz CT molecular complexity index is 1430. The van der Waals surface area contributed by atoms with Crippen LogP contribution in [0.2, 0.25) is 0 Å². The summed E-state index contributed by atoms with van der Waals surface area (Å²) >= 11 is 0. The normalized spacial score (nSPS) is 13.5. The predicted molar refractivity (Wildman–Crippen MR) is 141 cm³/mol. The Hall–Kier alpha value is -4.80. The second kappa shape index (κ2) is 11.5. The van der Waals surface area contributed by atoms with Crippen molar-refractivity contribution in [1.82, 2.24) is 10.0 Å². The molecule has 1 saturated carbocycles. The van der Waals surface area contributed by atoms with Gasteiger partial charge >= 0.3 is 5.97 Å². The summed E-state index contributed by atoms with van der Waals surface area (Å²) in [6, 6.07) is 15.3. The highest BCUT2D eigenvalue weighted by Crippen LogP contribution is 2.30. The number of nitrogens with two attached hydrogens (primary N) is 2. The minimum Gasteiger partial charge on any atom is -0.482 e. The molecule has 3 aromatic rings. The van der Waals surface area contributed by atoms with Gasteiger partial charge in [-0.15, -0.1) is 0 Å². The molecule has 0 spiro atoms. The van der Waals surface area contributed by atoms with Crippen molar-refractivity contribution in [3.8, 4) is 16.9 Å². The number of amidine groups is 1. The van der Waals surface area contributed by atoms with Gasteiger partial charge in [0.05, 0.1) is 18.2 Å². The van der Waals surface area contributed by atoms with Crippen LogP contribution in [0, 0.1) is 5.41 Å². The zero-order valence-electron chi connectivity index (χ0n) is 20.7. The summed E-state index contributed by atoms with van der Waals surface area (Å²) in [6.07, 6.45) is 2.81. The number of amides is 1. The number of benzene rings is 2. The van der Waals surface area contributed by atoms with Crippen molar-refractivity contribution in [1.29, 1.82) is 5.41 Å². The van der Waals surface area contributed by atoms with E-state index in [2.05, 4.69) is 10.3 Å². The van der Waals surface area contributed by atoms with E-state index in [0.29, 0.717) is 33.6 Å². The lowest BCUT2D eigenvalue weighted by molar-refractivity contribution is -0.139. The molecule has 0 bridgehead atoms. The molecule has 11 nitrogen and oxygen atoms in total. The summed E-state index contributed by atoms with van der Waals surface area (Å²) in [5.74, 6) is -1.25. The molecule has 0 atom stereocenters. The van der Waals surface area contributed by atoms with E-state index in [1.807, 2.05) is 0 Å². The average molecular weight is 519 g/mol. The highest BCUT2D eigenvalue weighted by atomic mass is 16.5. The number of carboxylic acid groups (broad SMARTS) is 1. The number of nitrogen functional groups attached to an aromatic ring is 2. The van der Waals surface area contributed by atoms with Crippen molar-refractivity contribution in [2.24, 2.45) is 10.7 Å². The molecule has 1 aromatic heterocycles. The van der Waals surface area contributed by atoms with E-state index >= 15 is 0 Å². The average Bonchev–Trinajstić information content (AvgIpc) is 2.85. The molecule has 0 unspecified atom stereocenters. The number of carbonyl (C=O) groups excluding carboxylic acids is 1. The Kier molecular flexibility index (Phi) is 7.95. The first-order valence-electron chi connectivity index (χ1n) is 12.1. The monoisotopic (exact) mass is 518 g/mol. The number of hydrogen-bond acceptors (Lipinski definition) is 7. The van der Waals surface area contributed by atoms with Gasteiger partial charge in [-0.05, 0) is 54.7 Å². The molecule has 2 aromatic carbocycles. The van der Waals surface area contributed by atoms with Gasteiger partial charge in [-0.2, -0.15) is 4.73 Å². The first-order chi connectivity index (χ1) is 18.2. The van der Waals surface area contributed by atoms with E-state index in [1.54, 1.807) is 48.5 Å². The molecule has 1 fully saturated rings. The van der Waals surface area contributed by atoms with Crippen molar-refractivity contribution >= 4 is 23.4 Å².